The second-order valence-corrected chi connectivity index (χ2v) is 8.34. The van der Waals surface area contributed by atoms with Crippen molar-refractivity contribution >= 4 is 23.5 Å². The number of halogens is 2. The lowest BCUT2D eigenvalue weighted by Gasteiger charge is -2.31. The molecule has 1 N–H and O–H groups in total. The first-order chi connectivity index (χ1) is 12.4. The summed E-state index contributed by atoms with van der Waals surface area (Å²) in [5.41, 5.74) is -1.13. The molecule has 0 spiro atoms. The summed E-state index contributed by atoms with van der Waals surface area (Å²) >= 11 is 6.01. The summed E-state index contributed by atoms with van der Waals surface area (Å²) in [5, 5.41) is 9.97. The first kappa shape index (κ1) is 17.7. The van der Waals surface area contributed by atoms with Crippen LogP contribution in [0.25, 0.3) is 0 Å². The zero-order chi connectivity index (χ0) is 18.5. The molecule has 0 radical (unpaired) electrons. The van der Waals surface area contributed by atoms with E-state index in [9.17, 15) is 19.1 Å². The lowest BCUT2D eigenvalue weighted by Crippen LogP contribution is -2.43. The fraction of sp³-hybridized carbons (Fsp3) is 0.579. The second-order valence-electron chi connectivity index (χ2n) is 7.93. The number of amides is 1. The van der Waals surface area contributed by atoms with E-state index in [4.69, 9.17) is 11.6 Å². The maximum Gasteiger partial charge on any atom is 0.313 e. The molecular weight excluding hydrogens is 359 g/mol. The second kappa shape index (κ2) is 6.50. The Labute approximate surface area is 156 Å². The van der Waals surface area contributed by atoms with Crippen molar-refractivity contribution in [1.82, 2.24) is 9.80 Å². The van der Waals surface area contributed by atoms with Crippen LogP contribution in [0.3, 0.4) is 0 Å². The van der Waals surface area contributed by atoms with Crippen molar-refractivity contribution in [3.05, 3.63) is 34.6 Å². The van der Waals surface area contributed by atoms with E-state index in [0.29, 0.717) is 25.6 Å². The molecule has 1 amide bonds. The zero-order valence-corrected chi connectivity index (χ0v) is 15.2. The number of fused-ring (bicyclic) bond motifs is 1. The highest BCUT2D eigenvalue weighted by atomic mass is 35.5. The predicted molar refractivity (Wildman–Crippen MR) is 94.7 cm³/mol. The molecule has 1 aromatic rings. The van der Waals surface area contributed by atoms with Gasteiger partial charge in [0.15, 0.2) is 0 Å². The SMILES string of the molecule is O=C(c1c(F)cccc1Cl)N1C[C@H]2CN(CC3CCC3)C[C@@]2(C(=O)O)C1. The number of rotatable bonds is 4. The van der Waals surface area contributed by atoms with E-state index in [1.807, 2.05) is 0 Å². The Hall–Kier alpha value is -1.66. The van der Waals surface area contributed by atoms with Gasteiger partial charge < -0.3 is 14.9 Å². The van der Waals surface area contributed by atoms with Gasteiger partial charge in [-0.15, -0.1) is 0 Å². The Morgan fingerprint density at radius 1 is 1.27 bits per heavy atom. The van der Waals surface area contributed by atoms with Crippen molar-refractivity contribution in [2.75, 3.05) is 32.7 Å². The fourth-order valence-corrected chi connectivity index (χ4v) is 4.91. The molecule has 7 heteroatoms. The number of carboxylic acids is 1. The number of nitrogens with zero attached hydrogens (tertiary/aromatic N) is 2. The monoisotopic (exact) mass is 380 g/mol. The summed E-state index contributed by atoms with van der Waals surface area (Å²) in [4.78, 5) is 28.6. The largest absolute Gasteiger partial charge is 0.481 e. The first-order valence-electron chi connectivity index (χ1n) is 9.10. The minimum absolute atomic E-state index is 0.0584. The third kappa shape index (κ3) is 2.79. The van der Waals surface area contributed by atoms with Crippen LogP contribution in [0.1, 0.15) is 29.6 Å². The van der Waals surface area contributed by atoms with Crippen LogP contribution in [0, 0.1) is 23.1 Å². The summed E-state index contributed by atoms with van der Waals surface area (Å²) in [7, 11) is 0. The Morgan fingerprint density at radius 2 is 2.04 bits per heavy atom. The number of carbonyl (C=O) groups excluding carboxylic acids is 1. The fourth-order valence-electron chi connectivity index (χ4n) is 4.67. The number of hydrogen-bond acceptors (Lipinski definition) is 3. The Bertz CT molecular complexity index is 734. The molecular formula is C19H22ClFN2O3. The quantitative estimate of drug-likeness (QED) is 0.872. The standard InChI is InChI=1S/C19H22ClFN2O3/c20-14-5-2-6-15(21)16(14)17(24)23-9-13-8-22(7-12-3-1-4-12)10-19(13,11-23)18(25)26/h2,5-6,12-13H,1,3-4,7-11H2,(H,25,26)/t13-,19-/m1/s1. The van der Waals surface area contributed by atoms with Crippen LogP contribution >= 0.6 is 11.6 Å². The zero-order valence-electron chi connectivity index (χ0n) is 14.5. The van der Waals surface area contributed by atoms with Gasteiger partial charge >= 0.3 is 5.97 Å². The van der Waals surface area contributed by atoms with E-state index < -0.39 is 23.1 Å². The van der Waals surface area contributed by atoms with Gasteiger partial charge in [-0.1, -0.05) is 24.1 Å². The maximum absolute atomic E-state index is 14.1. The third-order valence-electron chi connectivity index (χ3n) is 6.31. The minimum Gasteiger partial charge on any atom is -0.481 e. The van der Waals surface area contributed by atoms with Crippen LogP contribution in [-0.4, -0.2) is 59.5 Å². The molecule has 5 nitrogen and oxygen atoms in total. The van der Waals surface area contributed by atoms with E-state index in [1.165, 1.54) is 42.4 Å². The van der Waals surface area contributed by atoms with Gasteiger partial charge in [-0.05, 0) is 30.9 Å². The topological polar surface area (TPSA) is 60.9 Å². The highest BCUT2D eigenvalue weighted by Crippen LogP contribution is 2.44. The van der Waals surface area contributed by atoms with Gasteiger partial charge in [0.1, 0.15) is 11.2 Å². The van der Waals surface area contributed by atoms with Gasteiger partial charge in [0.05, 0.1) is 10.6 Å². The molecule has 4 rings (SSSR count). The van der Waals surface area contributed by atoms with Gasteiger partial charge in [0, 0.05) is 38.6 Å². The smallest absolute Gasteiger partial charge is 0.313 e. The molecule has 0 unspecified atom stereocenters. The summed E-state index contributed by atoms with van der Waals surface area (Å²) in [6, 6.07) is 4.12. The summed E-state index contributed by atoms with van der Waals surface area (Å²) in [5.74, 6) is -1.51. The number of hydrogen-bond donors (Lipinski definition) is 1. The van der Waals surface area contributed by atoms with Crippen molar-refractivity contribution in [2.24, 2.45) is 17.3 Å². The van der Waals surface area contributed by atoms with E-state index in [2.05, 4.69) is 4.90 Å². The van der Waals surface area contributed by atoms with Crippen molar-refractivity contribution in [3.63, 3.8) is 0 Å². The van der Waals surface area contributed by atoms with E-state index in [0.717, 1.165) is 6.54 Å². The Morgan fingerprint density at radius 3 is 2.62 bits per heavy atom. The predicted octanol–water partition coefficient (Wildman–Crippen LogP) is 2.74. The highest BCUT2D eigenvalue weighted by molar-refractivity contribution is 6.33. The van der Waals surface area contributed by atoms with Crippen molar-refractivity contribution in [1.29, 1.82) is 0 Å². The normalized spacial score (nSPS) is 28.8. The van der Waals surface area contributed by atoms with Crippen molar-refractivity contribution < 1.29 is 19.1 Å². The molecule has 1 aliphatic carbocycles. The van der Waals surface area contributed by atoms with E-state index in [1.54, 1.807) is 0 Å². The highest BCUT2D eigenvalue weighted by Gasteiger charge is 2.58. The Kier molecular flexibility index (Phi) is 4.43. The molecule has 140 valence electrons. The number of likely N-dealkylation sites (tertiary alicyclic amines) is 2. The molecule has 1 saturated carbocycles. The molecule has 2 aliphatic heterocycles. The number of carbonyl (C=O) groups is 2. The van der Waals surface area contributed by atoms with Crippen LogP contribution in [0.5, 0.6) is 0 Å². The summed E-state index contributed by atoms with van der Waals surface area (Å²) in [6.07, 6.45) is 3.70. The van der Waals surface area contributed by atoms with E-state index in [-0.39, 0.29) is 23.0 Å². The van der Waals surface area contributed by atoms with Crippen LogP contribution in [-0.2, 0) is 4.79 Å². The van der Waals surface area contributed by atoms with Crippen LogP contribution in [0.4, 0.5) is 4.39 Å². The molecule has 2 saturated heterocycles. The van der Waals surface area contributed by atoms with Gasteiger partial charge in [-0.25, -0.2) is 4.39 Å². The van der Waals surface area contributed by atoms with E-state index >= 15 is 0 Å². The number of benzene rings is 1. The first-order valence-corrected chi connectivity index (χ1v) is 9.47. The molecule has 0 bridgehead atoms. The average Bonchev–Trinajstić information content (AvgIpc) is 3.05. The molecule has 2 atom stereocenters. The van der Waals surface area contributed by atoms with Crippen molar-refractivity contribution in [3.8, 4) is 0 Å². The number of aliphatic carboxylic acids is 1. The molecule has 3 fully saturated rings. The number of carboxylic acid groups (broad SMARTS) is 1. The molecule has 2 heterocycles. The average molecular weight is 381 g/mol. The lowest BCUT2D eigenvalue weighted by molar-refractivity contribution is -0.148. The van der Waals surface area contributed by atoms with Gasteiger partial charge in [0.25, 0.3) is 5.91 Å². The van der Waals surface area contributed by atoms with Crippen LogP contribution in [0.15, 0.2) is 18.2 Å². The van der Waals surface area contributed by atoms with Gasteiger partial charge in [-0.2, -0.15) is 0 Å². The lowest BCUT2D eigenvalue weighted by atomic mass is 9.81. The molecule has 3 aliphatic rings. The maximum atomic E-state index is 14.1. The van der Waals surface area contributed by atoms with Crippen LogP contribution < -0.4 is 0 Å². The Balaban J connectivity index is 1.53. The molecule has 1 aromatic carbocycles. The van der Waals surface area contributed by atoms with Crippen LogP contribution in [0.2, 0.25) is 5.02 Å². The third-order valence-corrected chi connectivity index (χ3v) is 6.63. The van der Waals surface area contributed by atoms with Crippen molar-refractivity contribution in [2.45, 2.75) is 19.3 Å². The minimum atomic E-state index is -0.961. The molecule has 26 heavy (non-hydrogen) atoms. The summed E-state index contributed by atoms with van der Waals surface area (Å²) < 4.78 is 14.1. The molecule has 0 aromatic heterocycles. The van der Waals surface area contributed by atoms with Gasteiger partial charge in [0.2, 0.25) is 0 Å². The summed E-state index contributed by atoms with van der Waals surface area (Å²) in [6.45, 7) is 2.52. The van der Waals surface area contributed by atoms with Gasteiger partial charge in [-0.3, -0.25) is 9.59 Å².